The Labute approximate surface area is 192 Å². The van der Waals surface area contributed by atoms with Gasteiger partial charge in [0.2, 0.25) is 0 Å². The second kappa shape index (κ2) is 8.10. The van der Waals surface area contributed by atoms with Gasteiger partial charge >= 0.3 is 0 Å². The Morgan fingerprint density at radius 3 is 2.67 bits per heavy atom. The van der Waals surface area contributed by atoms with Crippen molar-refractivity contribution in [2.75, 3.05) is 12.3 Å². The van der Waals surface area contributed by atoms with Gasteiger partial charge in [0.05, 0.1) is 6.33 Å². The number of nitrogens with zero attached hydrogens (tertiary/aromatic N) is 4. The predicted octanol–water partition coefficient (Wildman–Crippen LogP) is 1.69. The van der Waals surface area contributed by atoms with Crippen LogP contribution in [-0.2, 0) is 23.7 Å². The molecule has 3 N–H and O–H groups in total. The number of aromatic nitrogens is 4. The van der Waals surface area contributed by atoms with Crippen LogP contribution in [0.3, 0.4) is 0 Å². The molecule has 33 heavy (non-hydrogen) atoms. The van der Waals surface area contributed by atoms with Crippen molar-refractivity contribution in [2.45, 2.75) is 95.4 Å². The molecule has 0 bridgehead atoms. The summed E-state index contributed by atoms with van der Waals surface area (Å²) in [6.45, 7) is 6.50. The summed E-state index contributed by atoms with van der Waals surface area (Å²) >= 11 is 0. The highest BCUT2D eigenvalue weighted by Crippen LogP contribution is 2.44. The van der Waals surface area contributed by atoms with Crippen molar-refractivity contribution < 1.29 is 23.7 Å². The highest BCUT2D eigenvalue weighted by molar-refractivity contribution is 5.81. The fourth-order valence-electron chi connectivity index (χ4n) is 5.47. The van der Waals surface area contributed by atoms with Crippen molar-refractivity contribution in [3.63, 3.8) is 0 Å². The molecule has 3 aliphatic heterocycles. The monoisotopic (exact) mass is 460 g/mol. The summed E-state index contributed by atoms with van der Waals surface area (Å²) < 4.78 is 31.9. The molecule has 5 heterocycles. The average Bonchev–Trinajstić information content (AvgIpc) is 3.36. The smallest absolute Gasteiger partial charge is 0.167 e. The van der Waals surface area contributed by atoms with Crippen molar-refractivity contribution in [1.29, 1.82) is 0 Å². The maximum absolute atomic E-state index is 6.45. The molecule has 1 aliphatic carbocycles. The van der Waals surface area contributed by atoms with E-state index in [0.29, 0.717) is 29.6 Å². The SMILES string of the molecule is CC1OC(CCC2CC(NC[C@H]3O[C@@H](n4cnc5c(N)ncnc54)[C@@H]4OC(C)(C)O[C@@H]43)C2)O1. The summed E-state index contributed by atoms with van der Waals surface area (Å²) in [6.07, 6.45) is 6.55. The van der Waals surface area contributed by atoms with Crippen LogP contribution in [0.5, 0.6) is 0 Å². The number of ether oxygens (including phenoxy) is 5. The number of rotatable bonds is 7. The van der Waals surface area contributed by atoms with Crippen LogP contribution in [0, 0.1) is 5.92 Å². The van der Waals surface area contributed by atoms with Gasteiger partial charge < -0.3 is 34.7 Å². The third-order valence-electron chi connectivity index (χ3n) is 7.13. The Morgan fingerprint density at radius 1 is 1.09 bits per heavy atom. The summed E-state index contributed by atoms with van der Waals surface area (Å²) in [5, 5.41) is 3.67. The second-order valence-electron chi connectivity index (χ2n) is 10.0. The van der Waals surface area contributed by atoms with Crippen molar-refractivity contribution in [3.8, 4) is 0 Å². The molecule has 2 aromatic heterocycles. The van der Waals surface area contributed by atoms with Crippen molar-refractivity contribution in [2.24, 2.45) is 5.92 Å². The predicted molar refractivity (Wildman–Crippen MR) is 117 cm³/mol. The van der Waals surface area contributed by atoms with Crippen LogP contribution in [0.2, 0.25) is 0 Å². The fraction of sp³-hybridized carbons (Fsp3) is 0.773. The highest BCUT2D eigenvalue weighted by atomic mass is 16.9. The maximum atomic E-state index is 6.45. The van der Waals surface area contributed by atoms with E-state index in [-0.39, 0.29) is 30.9 Å². The van der Waals surface area contributed by atoms with E-state index in [9.17, 15) is 0 Å². The van der Waals surface area contributed by atoms with Gasteiger partial charge in [-0.1, -0.05) is 0 Å². The van der Waals surface area contributed by atoms with Gasteiger partial charge in [-0.05, 0) is 52.4 Å². The molecule has 6 rings (SSSR count). The fourth-order valence-corrected chi connectivity index (χ4v) is 5.47. The van der Waals surface area contributed by atoms with Crippen LogP contribution >= 0.6 is 0 Å². The number of nitrogens with one attached hydrogen (secondary N) is 1. The number of anilines is 1. The summed E-state index contributed by atoms with van der Waals surface area (Å²) in [7, 11) is 0. The Morgan fingerprint density at radius 2 is 1.88 bits per heavy atom. The molecule has 180 valence electrons. The first-order valence-electron chi connectivity index (χ1n) is 11.8. The van der Waals surface area contributed by atoms with Gasteiger partial charge in [-0.15, -0.1) is 0 Å². The number of hydrogen-bond acceptors (Lipinski definition) is 10. The normalized spacial score (nSPS) is 39.4. The zero-order valence-corrected chi connectivity index (χ0v) is 19.2. The van der Waals surface area contributed by atoms with Gasteiger partial charge in [0, 0.05) is 12.6 Å². The first-order chi connectivity index (χ1) is 15.9. The summed E-state index contributed by atoms with van der Waals surface area (Å²) in [6, 6.07) is 0.496. The minimum atomic E-state index is -0.676. The first kappa shape index (κ1) is 21.6. The summed E-state index contributed by atoms with van der Waals surface area (Å²) in [5.41, 5.74) is 7.16. The molecule has 0 amide bonds. The van der Waals surface area contributed by atoms with Crippen molar-refractivity contribution >= 4 is 17.0 Å². The van der Waals surface area contributed by atoms with Gasteiger partial charge in [0.25, 0.3) is 0 Å². The Balaban J connectivity index is 1.08. The highest BCUT2D eigenvalue weighted by Gasteiger charge is 2.56. The van der Waals surface area contributed by atoms with Crippen LogP contribution in [0.25, 0.3) is 11.2 Å². The van der Waals surface area contributed by atoms with Crippen LogP contribution in [0.4, 0.5) is 5.82 Å². The number of fused-ring (bicyclic) bond motifs is 2. The number of hydrogen-bond donors (Lipinski definition) is 2. The molecule has 4 atom stereocenters. The lowest BCUT2D eigenvalue weighted by Crippen LogP contribution is -2.47. The van der Waals surface area contributed by atoms with E-state index in [1.54, 1.807) is 6.33 Å². The van der Waals surface area contributed by atoms with Crippen LogP contribution in [0.15, 0.2) is 12.7 Å². The third-order valence-corrected chi connectivity index (χ3v) is 7.13. The van der Waals surface area contributed by atoms with Crippen molar-refractivity contribution in [3.05, 3.63) is 12.7 Å². The number of imidazole rings is 1. The molecule has 0 aromatic carbocycles. The molecule has 2 aromatic rings. The molecule has 1 saturated carbocycles. The standard InChI is InChI=1S/C22H32N6O5/c1-11-29-15(30-11)5-4-12-6-13(7-12)24-8-14-17-18(33-22(2,3)32-17)21(31-14)28-10-27-16-19(23)25-9-26-20(16)28/h9-15,17-18,21,24H,4-8H2,1-3H3,(H2,23,25,26)/t11?,12?,13?,14-,15?,17-,18-,21-/m1/s1. The summed E-state index contributed by atoms with van der Waals surface area (Å²) in [4.78, 5) is 12.8. The topological polar surface area (TPSA) is 128 Å². The van der Waals surface area contributed by atoms with E-state index in [4.69, 9.17) is 29.4 Å². The minimum absolute atomic E-state index is 0.00415. The first-order valence-corrected chi connectivity index (χ1v) is 11.8. The lowest BCUT2D eigenvalue weighted by Gasteiger charge is -2.39. The van der Waals surface area contributed by atoms with E-state index >= 15 is 0 Å². The van der Waals surface area contributed by atoms with Gasteiger partial charge in [0.1, 0.15) is 30.2 Å². The maximum Gasteiger partial charge on any atom is 0.167 e. The molecule has 4 fully saturated rings. The largest absolute Gasteiger partial charge is 0.382 e. The second-order valence-corrected chi connectivity index (χ2v) is 10.0. The molecule has 0 spiro atoms. The van der Waals surface area contributed by atoms with E-state index in [2.05, 4.69) is 20.3 Å². The molecule has 0 unspecified atom stereocenters. The van der Waals surface area contributed by atoms with Gasteiger partial charge in [0.15, 0.2) is 36.1 Å². The Hall–Kier alpha value is -1.89. The van der Waals surface area contributed by atoms with E-state index < -0.39 is 12.0 Å². The minimum Gasteiger partial charge on any atom is -0.382 e. The van der Waals surface area contributed by atoms with Crippen LogP contribution < -0.4 is 11.1 Å². The lowest BCUT2D eigenvalue weighted by molar-refractivity contribution is -0.378. The van der Waals surface area contributed by atoms with E-state index in [1.165, 1.54) is 6.33 Å². The van der Waals surface area contributed by atoms with E-state index in [0.717, 1.165) is 31.6 Å². The molecular formula is C22H32N6O5. The van der Waals surface area contributed by atoms with Crippen LogP contribution in [-0.4, -0.2) is 68.8 Å². The Bertz CT molecular complexity index is 1000. The number of nitrogens with two attached hydrogens (primary N) is 1. The quantitative estimate of drug-likeness (QED) is 0.630. The molecule has 11 heteroatoms. The van der Waals surface area contributed by atoms with Crippen molar-refractivity contribution in [1.82, 2.24) is 24.8 Å². The lowest BCUT2D eigenvalue weighted by atomic mass is 9.77. The Kier molecular flexibility index (Phi) is 5.31. The third kappa shape index (κ3) is 4.00. The summed E-state index contributed by atoms with van der Waals surface area (Å²) in [5.74, 6) is 0.396. The number of nitrogen functional groups attached to an aromatic ring is 1. The molecule has 11 nitrogen and oxygen atoms in total. The van der Waals surface area contributed by atoms with Gasteiger partial charge in [-0.3, -0.25) is 4.57 Å². The average molecular weight is 461 g/mol. The van der Waals surface area contributed by atoms with Crippen LogP contribution in [0.1, 0.15) is 52.7 Å². The zero-order chi connectivity index (χ0) is 22.7. The van der Waals surface area contributed by atoms with Gasteiger partial charge in [-0.2, -0.15) is 0 Å². The van der Waals surface area contributed by atoms with Gasteiger partial charge in [-0.25, -0.2) is 15.0 Å². The molecular weight excluding hydrogens is 428 g/mol. The van der Waals surface area contributed by atoms with E-state index in [1.807, 2.05) is 25.3 Å². The molecule has 4 aliphatic rings. The molecule has 3 saturated heterocycles. The zero-order valence-electron chi connectivity index (χ0n) is 19.2. The molecule has 0 radical (unpaired) electrons.